The number of piperidine rings is 1. The monoisotopic (exact) mass is 291 g/mol. The van der Waals surface area contributed by atoms with Crippen molar-refractivity contribution in [1.29, 1.82) is 0 Å². The zero-order valence-corrected chi connectivity index (χ0v) is 12.4. The number of hydrogen-bond acceptors (Lipinski definition) is 4. The molecule has 0 aromatic heterocycles. The van der Waals surface area contributed by atoms with Crippen LogP contribution in [0.15, 0.2) is 18.2 Å². The summed E-state index contributed by atoms with van der Waals surface area (Å²) in [7, 11) is 0. The summed E-state index contributed by atoms with van der Waals surface area (Å²) in [4.78, 5) is 24.7. The zero-order chi connectivity index (χ0) is 15.6. The van der Waals surface area contributed by atoms with Gasteiger partial charge in [-0.05, 0) is 44.2 Å². The Labute approximate surface area is 124 Å². The molecule has 0 spiro atoms. The van der Waals surface area contributed by atoms with Crippen LogP contribution in [0.25, 0.3) is 0 Å². The Morgan fingerprint density at radius 1 is 1.52 bits per heavy atom. The number of nitrogens with zero attached hydrogens (tertiary/aromatic N) is 2. The lowest BCUT2D eigenvalue weighted by molar-refractivity contribution is -0.384. The summed E-state index contributed by atoms with van der Waals surface area (Å²) in [5.41, 5.74) is 7.12. The molecule has 0 saturated carbocycles. The van der Waals surface area contributed by atoms with Gasteiger partial charge in [0.2, 0.25) is 0 Å². The van der Waals surface area contributed by atoms with E-state index in [-0.39, 0.29) is 17.6 Å². The van der Waals surface area contributed by atoms with Crippen molar-refractivity contribution >= 4 is 11.6 Å². The first-order valence-electron chi connectivity index (χ1n) is 7.20. The minimum Gasteiger partial charge on any atom is -0.338 e. The van der Waals surface area contributed by atoms with E-state index in [1.165, 1.54) is 12.1 Å². The van der Waals surface area contributed by atoms with Crippen LogP contribution < -0.4 is 5.73 Å². The number of nitrogens with two attached hydrogens (primary N) is 1. The van der Waals surface area contributed by atoms with Crippen molar-refractivity contribution in [3.05, 3.63) is 39.4 Å². The van der Waals surface area contributed by atoms with E-state index in [0.29, 0.717) is 23.6 Å². The molecule has 0 radical (unpaired) electrons. The molecule has 1 heterocycles. The predicted molar refractivity (Wildman–Crippen MR) is 80.1 cm³/mol. The van der Waals surface area contributed by atoms with Crippen LogP contribution in [0.5, 0.6) is 0 Å². The van der Waals surface area contributed by atoms with Gasteiger partial charge in [0.05, 0.1) is 4.92 Å². The Hall–Kier alpha value is -1.95. The van der Waals surface area contributed by atoms with Crippen LogP contribution in [0, 0.1) is 23.0 Å². The van der Waals surface area contributed by atoms with E-state index in [4.69, 9.17) is 5.73 Å². The molecule has 1 saturated heterocycles. The van der Waals surface area contributed by atoms with Gasteiger partial charge in [-0.15, -0.1) is 0 Å². The smallest absolute Gasteiger partial charge is 0.269 e. The number of rotatable bonds is 3. The third-order valence-electron chi connectivity index (χ3n) is 4.14. The van der Waals surface area contributed by atoms with E-state index in [0.717, 1.165) is 19.4 Å². The predicted octanol–water partition coefficient (Wildman–Crippen LogP) is 2.10. The van der Waals surface area contributed by atoms with Gasteiger partial charge in [0.1, 0.15) is 0 Å². The number of nitro groups is 1. The molecule has 6 nitrogen and oxygen atoms in total. The first kappa shape index (κ1) is 15.4. The second-order valence-electron chi connectivity index (χ2n) is 5.77. The summed E-state index contributed by atoms with van der Waals surface area (Å²) < 4.78 is 0. The maximum atomic E-state index is 12.6. The quantitative estimate of drug-likeness (QED) is 0.682. The van der Waals surface area contributed by atoms with Crippen molar-refractivity contribution in [2.24, 2.45) is 11.7 Å². The maximum absolute atomic E-state index is 12.6. The molecule has 0 aliphatic carbocycles. The van der Waals surface area contributed by atoms with E-state index >= 15 is 0 Å². The van der Waals surface area contributed by atoms with Gasteiger partial charge in [-0.1, -0.05) is 0 Å². The largest absolute Gasteiger partial charge is 0.338 e. The van der Waals surface area contributed by atoms with Crippen LogP contribution in [0.1, 0.15) is 35.7 Å². The number of benzene rings is 1. The Balaban J connectivity index is 2.18. The van der Waals surface area contributed by atoms with E-state index in [1.807, 2.05) is 11.8 Å². The van der Waals surface area contributed by atoms with Crippen molar-refractivity contribution < 1.29 is 9.72 Å². The van der Waals surface area contributed by atoms with Crippen molar-refractivity contribution in [3.63, 3.8) is 0 Å². The highest BCUT2D eigenvalue weighted by molar-refractivity contribution is 5.96. The number of carbonyl (C=O) groups is 1. The van der Waals surface area contributed by atoms with Gasteiger partial charge in [-0.25, -0.2) is 0 Å². The molecule has 21 heavy (non-hydrogen) atoms. The Kier molecular flexibility index (Phi) is 4.57. The molecule has 114 valence electrons. The number of hydrogen-bond donors (Lipinski definition) is 1. The fourth-order valence-corrected chi connectivity index (χ4v) is 2.80. The summed E-state index contributed by atoms with van der Waals surface area (Å²) in [6, 6.07) is 4.44. The minimum absolute atomic E-state index is 0.0103. The zero-order valence-electron chi connectivity index (χ0n) is 12.4. The maximum Gasteiger partial charge on any atom is 0.269 e. The molecular formula is C15H21N3O3. The van der Waals surface area contributed by atoms with Gasteiger partial charge < -0.3 is 10.6 Å². The van der Waals surface area contributed by atoms with Crippen LogP contribution >= 0.6 is 0 Å². The van der Waals surface area contributed by atoms with Crippen LogP contribution in [0.3, 0.4) is 0 Å². The summed E-state index contributed by atoms with van der Waals surface area (Å²) >= 11 is 0. The molecule has 1 aromatic rings. The number of likely N-dealkylation sites (tertiary alicyclic amines) is 1. The molecule has 0 unspecified atom stereocenters. The number of nitro benzene ring substituents is 1. The molecule has 0 bridgehead atoms. The molecule has 1 aromatic carbocycles. The van der Waals surface area contributed by atoms with Gasteiger partial charge in [-0.3, -0.25) is 14.9 Å². The third kappa shape index (κ3) is 3.39. The highest BCUT2D eigenvalue weighted by Crippen LogP contribution is 2.23. The second-order valence-corrected chi connectivity index (χ2v) is 5.77. The second kappa shape index (κ2) is 6.22. The molecule has 2 atom stereocenters. The normalized spacial score (nSPS) is 20.1. The fraction of sp³-hybridized carbons (Fsp3) is 0.533. The lowest BCUT2D eigenvalue weighted by Gasteiger charge is -2.34. The minimum atomic E-state index is -0.450. The standard InChI is InChI=1S/C15H21N3O3/c1-10-8-13(18(20)21)5-6-14(10)15(19)17-7-3-4-12(9-17)11(2)16/h5-6,8,11-12H,3-4,7,9,16H2,1-2H3/t11-,12-/m0/s1. The van der Waals surface area contributed by atoms with Crippen LogP contribution in [-0.4, -0.2) is 34.9 Å². The van der Waals surface area contributed by atoms with Gasteiger partial charge in [0.25, 0.3) is 11.6 Å². The van der Waals surface area contributed by atoms with Crippen LogP contribution in [0.4, 0.5) is 5.69 Å². The average molecular weight is 291 g/mol. The Morgan fingerprint density at radius 3 is 2.81 bits per heavy atom. The van der Waals surface area contributed by atoms with Crippen molar-refractivity contribution in [2.45, 2.75) is 32.7 Å². The van der Waals surface area contributed by atoms with Crippen LogP contribution in [-0.2, 0) is 0 Å². The van der Waals surface area contributed by atoms with Gasteiger partial charge in [-0.2, -0.15) is 0 Å². The van der Waals surface area contributed by atoms with E-state index in [9.17, 15) is 14.9 Å². The molecule has 2 N–H and O–H groups in total. The summed E-state index contributed by atoms with van der Waals surface area (Å²) in [6.07, 6.45) is 1.99. The van der Waals surface area contributed by atoms with E-state index < -0.39 is 4.92 Å². The molecule has 1 aliphatic rings. The van der Waals surface area contributed by atoms with E-state index in [1.54, 1.807) is 13.0 Å². The summed E-state index contributed by atoms with van der Waals surface area (Å²) in [6.45, 7) is 5.08. The van der Waals surface area contributed by atoms with E-state index in [2.05, 4.69) is 0 Å². The molecule has 1 aliphatic heterocycles. The number of non-ortho nitro benzene ring substituents is 1. The highest BCUT2D eigenvalue weighted by Gasteiger charge is 2.27. The topological polar surface area (TPSA) is 89.5 Å². The molecule has 1 amide bonds. The molecule has 6 heteroatoms. The highest BCUT2D eigenvalue weighted by atomic mass is 16.6. The van der Waals surface area contributed by atoms with Crippen LogP contribution in [0.2, 0.25) is 0 Å². The molecular weight excluding hydrogens is 270 g/mol. The first-order chi connectivity index (χ1) is 9.90. The van der Waals surface area contributed by atoms with Gasteiger partial charge in [0.15, 0.2) is 0 Å². The Bertz CT molecular complexity index is 557. The van der Waals surface area contributed by atoms with Crippen molar-refractivity contribution in [2.75, 3.05) is 13.1 Å². The summed E-state index contributed by atoms with van der Waals surface area (Å²) in [5, 5.41) is 10.8. The summed E-state index contributed by atoms with van der Waals surface area (Å²) in [5.74, 6) is 0.258. The van der Waals surface area contributed by atoms with Crippen molar-refractivity contribution in [3.8, 4) is 0 Å². The first-order valence-corrected chi connectivity index (χ1v) is 7.20. The average Bonchev–Trinajstić information content (AvgIpc) is 2.46. The lowest BCUT2D eigenvalue weighted by Crippen LogP contribution is -2.45. The number of amides is 1. The van der Waals surface area contributed by atoms with Crippen molar-refractivity contribution in [1.82, 2.24) is 4.90 Å². The van der Waals surface area contributed by atoms with Gasteiger partial charge >= 0.3 is 0 Å². The Morgan fingerprint density at radius 2 is 2.24 bits per heavy atom. The third-order valence-corrected chi connectivity index (χ3v) is 4.14. The van der Waals surface area contributed by atoms with Gasteiger partial charge in [0, 0.05) is 36.8 Å². The SMILES string of the molecule is Cc1cc([N+](=O)[O-])ccc1C(=O)N1CCC[C@H]([C@H](C)N)C1. The number of aryl methyl sites for hydroxylation is 1. The fourth-order valence-electron chi connectivity index (χ4n) is 2.80. The number of carbonyl (C=O) groups excluding carboxylic acids is 1. The lowest BCUT2D eigenvalue weighted by atomic mass is 9.91. The molecule has 2 rings (SSSR count). The molecule has 1 fully saturated rings.